The van der Waals surface area contributed by atoms with Crippen molar-refractivity contribution in [3.05, 3.63) is 142 Å². The number of ketones is 1. The highest BCUT2D eigenvalue weighted by Gasteiger charge is 2.49. The average molecular weight is 673 g/mol. The number of rotatable bonds is 16. The predicted octanol–water partition coefficient (Wildman–Crippen LogP) is 4.89. The first kappa shape index (κ1) is 35.5. The second-order valence-electron chi connectivity index (χ2n) is 12.6. The fraction of sp³-hybridized carbons (Fsp3) is 0.282. The van der Waals surface area contributed by atoms with Gasteiger partial charge >= 0.3 is 0 Å². The Bertz CT molecular complexity index is 1830. The summed E-state index contributed by atoms with van der Waals surface area (Å²) in [5.74, 6) is -2.06. The summed E-state index contributed by atoms with van der Waals surface area (Å²) < 4.78 is 5.27. The summed E-state index contributed by atoms with van der Waals surface area (Å²) in [7, 11) is 0. The molecule has 3 N–H and O–H groups in total. The van der Waals surface area contributed by atoms with Gasteiger partial charge in [0.2, 0.25) is 17.7 Å². The van der Waals surface area contributed by atoms with Gasteiger partial charge in [-0.3, -0.25) is 19.2 Å². The molecule has 50 heavy (non-hydrogen) atoms. The van der Waals surface area contributed by atoms with E-state index in [-0.39, 0.29) is 31.7 Å². The number of hydrogen-bond donors (Lipinski definition) is 3. The lowest BCUT2D eigenvalue weighted by Crippen LogP contribution is -2.57. The molecular weight excluding hydrogens is 632 g/mol. The van der Waals surface area contributed by atoms with Crippen LogP contribution in [0.3, 0.4) is 0 Å². The van der Waals surface area contributed by atoms with Crippen molar-refractivity contribution < 1.29 is 23.9 Å². The topological polar surface area (TPSA) is 166 Å². The molecular formula is C39H40N6O5. The van der Waals surface area contributed by atoms with Crippen molar-refractivity contribution in [3.8, 4) is 11.1 Å². The van der Waals surface area contributed by atoms with E-state index in [1.807, 2.05) is 115 Å². The minimum Gasteiger partial charge on any atom is -0.361 e. The van der Waals surface area contributed by atoms with Crippen LogP contribution in [0.1, 0.15) is 30.5 Å². The Kier molecular flexibility index (Phi) is 11.8. The SMILES string of the molecule is CC(NC(=O)C(Cc1ccccc1)NC(=O)C(Cc1ccc(-c2ccccc2)cc1)NC(=O)C(Cc1ccccc1)N=[N+]=[N-])C(=O)C1(C)CO1. The molecule has 0 saturated carbocycles. The van der Waals surface area contributed by atoms with E-state index in [1.54, 1.807) is 13.8 Å². The largest absolute Gasteiger partial charge is 0.361 e. The normalized spacial score (nSPS) is 17.2. The van der Waals surface area contributed by atoms with Crippen molar-refractivity contribution >= 4 is 23.5 Å². The standard InChI is InChI=1S/C39H40N6O5/c1-26(35(46)39(2)25-50-39)41-36(47)32(22-27-12-6-3-7-13-27)42-37(48)33(23-29-18-20-31(21-19-29)30-16-10-5-11-17-30)43-38(49)34(44-45-40)24-28-14-8-4-9-15-28/h3-21,26,32-34H,22-25H2,1-2H3,(H,41,47)(H,42,48)(H,43,49). The fourth-order valence-corrected chi connectivity index (χ4v) is 5.68. The smallest absolute Gasteiger partial charge is 0.243 e. The molecule has 0 radical (unpaired) electrons. The second-order valence-corrected chi connectivity index (χ2v) is 12.6. The van der Waals surface area contributed by atoms with Gasteiger partial charge in [-0.05, 0) is 53.6 Å². The third-order valence-corrected chi connectivity index (χ3v) is 8.67. The first-order valence-electron chi connectivity index (χ1n) is 16.5. The van der Waals surface area contributed by atoms with Gasteiger partial charge < -0.3 is 20.7 Å². The third-order valence-electron chi connectivity index (χ3n) is 8.67. The predicted molar refractivity (Wildman–Crippen MR) is 190 cm³/mol. The molecule has 1 aliphatic heterocycles. The van der Waals surface area contributed by atoms with Gasteiger partial charge in [0.1, 0.15) is 23.7 Å². The molecule has 256 valence electrons. The number of ether oxygens (including phenoxy) is 1. The van der Waals surface area contributed by atoms with Crippen LogP contribution < -0.4 is 16.0 Å². The van der Waals surface area contributed by atoms with E-state index in [9.17, 15) is 24.7 Å². The summed E-state index contributed by atoms with van der Waals surface area (Å²) in [5.41, 5.74) is 12.7. The molecule has 11 nitrogen and oxygen atoms in total. The molecule has 4 aromatic rings. The highest BCUT2D eigenvalue weighted by molar-refractivity contribution is 5.98. The molecule has 1 fully saturated rings. The zero-order valence-electron chi connectivity index (χ0n) is 28.0. The minimum atomic E-state index is -1.14. The zero-order chi connectivity index (χ0) is 35.5. The van der Waals surface area contributed by atoms with Crippen LogP contribution in [-0.2, 0) is 43.2 Å². The number of carbonyl (C=O) groups excluding carboxylic acids is 4. The Hall–Kier alpha value is -5.77. The molecule has 0 aromatic heterocycles. The molecule has 5 rings (SSSR count). The molecule has 0 aliphatic carbocycles. The highest BCUT2D eigenvalue weighted by Crippen LogP contribution is 2.28. The minimum absolute atomic E-state index is 0.0885. The molecule has 0 bridgehead atoms. The lowest BCUT2D eigenvalue weighted by molar-refractivity contribution is -0.134. The van der Waals surface area contributed by atoms with Crippen LogP contribution >= 0.6 is 0 Å². The summed E-state index contributed by atoms with van der Waals surface area (Å²) >= 11 is 0. The summed E-state index contributed by atoms with van der Waals surface area (Å²) in [6, 6.07) is 31.6. The van der Waals surface area contributed by atoms with Crippen LogP contribution in [0.5, 0.6) is 0 Å². The number of nitrogens with one attached hydrogen (secondary N) is 3. The first-order chi connectivity index (χ1) is 24.1. The van der Waals surface area contributed by atoms with E-state index in [4.69, 9.17) is 4.74 Å². The van der Waals surface area contributed by atoms with Crippen LogP contribution in [0.4, 0.5) is 0 Å². The van der Waals surface area contributed by atoms with E-state index >= 15 is 0 Å². The van der Waals surface area contributed by atoms with Crippen LogP contribution in [0.15, 0.2) is 120 Å². The van der Waals surface area contributed by atoms with E-state index in [0.29, 0.717) is 0 Å². The average Bonchev–Trinajstić information content (AvgIpc) is 3.90. The van der Waals surface area contributed by atoms with Crippen molar-refractivity contribution in [1.82, 2.24) is 16.0 Å². The van der Waals surface area contributed by atoms with Gasteiger partial charge in [-0.25, -0.2) is 0 Å². The Labute approximate surface area is 291 Å². The Morgan fingerprint density at radius 2 is 1.12 bits per heavy atom. The van der Waals surface area contributed by atoms with Gasteiger partial charge in [0.15, 0.2) is 5.78 Å². The highest BCUT2D eigenvalue weighted by atomic mass is 16.6. The number of carbonyl (C=O) groups is 4. The summed E-state index contributed by atoms with van der Waals surface area (Å²) in [5, 5.41) is 12.1. The van der Waals surface area contributed by atoms with Crippen LogP contribution in [0.2, 0.25) is 0 Å². The number of nitrogens with zero attached hydrogens (tertiary/aromatic N) is 3. The van der Waals surface area contributed by atoms with Crippen LogP contribution in [0, 0.1) is 0 Å². The number of azide groups is 1. The molecule has 1 saturated heterocycles. The van der Waals surface area contributed by atoms with Crippen molar-refractivity contribution in [2.45, 2.75) is 62.9 Å². The Morgan fingerprint density at radius 1 is 0.680 bits per heavy atom. The number of hydrogen-bond acceptors (Lipinski definition) is 6. The molecule has 5 unspecified atom stereocenters. The molecule has 4 aromatic carbocycles. The van der Waals surface area contributed by atoms with Crippen molar-refractivity contribution in [1.29, 1.82) is 0 Å². The second kappa shape index (κ2) is 16.6. The van der Waals surface area contributed by atoms with Gasteiger partial charge in [0.25, 0.3) is 0 Å². The molecule has 0 spiro atoms. The van der Waals surface area contributed by atoms with Gasteiger partial charge in [0.05, 0.1) is 12.6 Å². The fourth-order valence-electron chi connectivity index (χ4n) is 5.68. The maximum atomic E-state index is 14.1. The molecule has 1 aliphatic rings. The van der Waals surface area contributed by atoms with Crippen LogP contribution in [-0.4, -0.2) is 59.9 Å². The number of benzene rings is 4. The van der Waals surface area contributed by atoms with Crippen LogP contribution in [0.25, 0.3) is 21.6 Å². The molecule has 11 heteroatoms. The lowest BCUT2D eigenvalue weighted by Gasteiger charge is -2.25. The van der Waals surface area contributed by atoms with Gasteiger partial charge in [-0.2, -0.15) is 0 Å². The van der Waals surface area contributed by atoms with E-state index in [0.717, 1.165) is 27.8 Å². The van der Waals surface area contributed by atoms with Crippen molar-refractivity contribution in [3.63, 3.8) is 0 Å². The Morgan fingerprint density at radius 3 is 1.64 bits per heavy atom. The first-order valence-corrected chi connectivity index (χ1v) is 16.5. The van der Waals surface area contributed by atoms with Gasteiger partial charge in [-0.15, -0.1) is 0 Å². The summed E-state index contributed by atoms with van der Waals surface area (Å²) in [4.78, 5) is 57.1. The van der Waals surface area contributed by atoms with E-state index in [1.165, 1.54) is 0 Å². The molecule has 3 amide bonds. The molecule has 1 heterocycles. The number of amides is 3. The molecule has 5 atom stereocenters. The van der Waals surface area contributed by atoms with E-state index < -0.39 is 47.5 Å². The Balaban J connectivity index is 1.39. The third kappa shape index (κ3) is 9.65. The summed E-state index contributed by atoms with van der Waals surface area (Å²) in [6.45, 7) is 3.53. The van der Waals surface area contributed by atoms with E-state index in [2.05, 4.69) is 26.0 Å². The lowest BCUT2D eigenvalue weighted by atomic mass is 9.98. The maximum Gasteiger partial charge on any atom is 0.243 e. The van der Waals surface area contributed by atoms with Gasteiger partial charge in [-0.1, -0.05) is 120 Å². The summed E-state index contributed by atoms with van der Waals surface area (Å²) in [6.07, 6.45) is 0.352. The quantitative estimate of drug-likeness (QED) is 0.0666. The van der Waals surface area contributed by atoms with Gasteiger partial charge in [0, 0.05) is 17.8 Å². The zero-order valence-corrected chi connectivity index (χ0v) is 28.0. The number of Topliss-reactive ketones (excluding diaryl/α,β-unsaturated/α-hetero) is 1. The van der Waals surface area contributed by atoms with Crippen molar-refractivity contribution in [2.24, 2.45) is 5.11 Å². The monoisotopic (exact) mass is 672 g/mol. The number of epoxide rings is 1. The maximum absolute atomic E-state index is 14.1. The van der Waals surface area contributed by atoms with Crippen molar-refractivity contribution in [2.75, 3.05) is 6.61 Å².